The van der Waals surface area contributed by atoms with Crippen molar-refractivity contribution in [1.29, 1.82) is 0 Å². The van der Waals surface area contributed by atoms with Crippen LogP contribution in [0.1, 0.15) is 53.5 Å². The summed E-state index contributed by atoms with van der Waals surface area (Å²) in [6.45, 7) is 2.52. The van der Waals surface area contributed by atoms with Crippen LogP contribution in [0.4, 0.5) is 24.5 Å². The third kappa shape index (κ3) is 6.96. The number of aromatic nitrogens is 3. The number of ether oxygens (including phenoxy) is 1. The quantitative estimate of drug-likeness (QED) is 0.236. The molecule has 3 amide bonds. The molecule has 3 N–H and O–H groups in total. The molecule has 2 aromatic heterocycles. The van der Waals surface area contributed by atoms with Crippen molar-refractivity contribution < 1.29 is 32.3 Å². The number of piperidine rings is 2. The van der Waals surface area contributed by atoms with E-state index in [-0.39, 0.29) is 23.6 Å². The number of hydrogen-bond donors (Lipinski definition) is 3. The first-order valence-corrected chi connectivity index (χ1v) is 14.9. The average molecular weight is 636 g/mol. The zero-order chi connectivity index (χ0) is 32.4. The number of rotatable bonds is 8. The third-order valence-electron chi connectivity index (χ3n) is 8.24. The molecule has 0 aliphatic carbocycles. The summed E-state index contributed by atoms with van der Waals surface area (Å²) in [6.07, 6.45) is -0.206. The first kappa shape index (κ1) is 31.0. The Balaban J connectivity index is 1.06. The van der Waals surface area contributed by atoms with Crippen molar-refractivity contribution in [2.24, 2.45) is 0 Å². The molecule has 2 saturated heterocycles. The molecule has 2 aromatic carbocycles. The number of carbonyl (C=O) groups is 3. The number of methoxy groups -OCH3 is 1. The number of nitrogens with zero attached hydrogens (tertiary/aromatic N) is 4. The SMILES string of the molecule is COc1cc2nn(C3CCN(Cc4ccc(NC5CCC(=O)NC5=O)cc4)CC3)cc2cc1NC(=O)c1cccc(C(F)(F)F)n1. The van der Waals surface area contributed by atoms with E-state index in [0.29, 0.717) is 29.8 Å². The van der Waals surface area contributed by atoms with E-state index in [0.717, 1.165) is 61.2 Å². The first-order chi connectivity index (χ1) is 22.1. The molecule has 0 saturated carbocycles. The second kappa shape index (κ2) is 12.8. The van der Waals surface area contributed by atoms with E-state index in [2.05, 4.69) is 25.8 Å². The fraction of sp³-hybridized carbons (Fsp3) is 0.344. The molecular weight excluding hydrogens is 603 g/mol. The number of imide groups is 1. The van der Waals surface area contributed by atoms with Crippen molar-refractivity contribution in [3.05, 3.63) is 77.7 Å². The van der Waals surface area contributed by atoms with Gasteiger partial charge in [0.15, 0.2) is 0 Å². The number of hydrogen-bond acceptors (Lipinski definition) is 8. The van der Waals surface area contributed by atoms with E-state index in [1.807, 2.05) is 35.1 Å². The Labute approximate surface area is 262 Å². The molecule has 46 heavy (non-hydrogen) atoms. The molecule has 14 heteroatoms. The Hall–Kier alpha value is -4.98. The molecule has 0 bridgehead atoms. The Morgan fingerprint density at radius 2 is 1.83 bits per heavy atom. The van der Waals surface area contributed by atoms with Crippen molar-refractivity contribution >= 4 is 40.0 Å². The van der Waals surface area contributed by atoms with Crippen LogP contribution in [0.15, 0.2) is 60.8 Å². The topological polar surface area (TPSA) is 130 Å². The molecule has 11 nitrogen and oxygen atoms in total. The van der Waals surface area contributed by atoms with Gasteiger partial charge >= 0.3 is 6.18 Å². The number of amides is 3. The first-order valence-electron chi connectivity index (χ1n) is 14.9. The second-order valence-corrected chi connectivity index (χ2v) is 11.4. The van der Waals surface area contributed by atoms with Crippen LogP contribution < -0.4 is 20.7 Å². The summed E-state index contributed by atoms with van der Waals surface area (Å²) in [5, 5.41) is 13.7. The van der Waals surface area contributed by atoms with Crippen molar-refractivity contribution in [1.82, 2.24) is 25.0 Å². The van der Waals surface area contributed by atoms with E-state index < -0.39 is 23.8 Å². The Morgan fingerprint density at radius 3 is 2.52 bits per heavy atom. The molecule has 6 rings (SSSR count). The molecule has 2 fully saturated rings. The molecule has 4 aromatic rings. The van der Waals surface area contributed by atoms with Crippen LogP contribution >= 0.6 is 0 Å². The van der Waals surface area contributed by atoms with Gasteiger partial charge in [0.25, 0.3) is 5.91 Å². The summed E-state index contributed by atoms with van der Waals surface area (Å²) in [4.78, 5) is 42.0. The van der Waals surface area contributed by atoms with Crippen LogP contribution in [-0.4, -0.2) is 63.6 Å². The standard InChI is InChI=1S/C32H32F3N7O4/c1-46-27-16-25-20(15-26(27)38-30(44)23-3-2-4-28(37-23)32(33,34)35)18-42(40-25)22-11-13-41(14-12-22)17-19-5-7-21(8-6-19)36-24-9-10-29(43)39-31(24)45/h2-8,15-16,18,22,24,36H,9-14,17H2,1H3,(H,38,44)(H,39,43,45). The highest BCUT2D eigenvalue weighted by Crippen LogP contribution is 2.33. The maximum absolute atomic E-state index is 13.1. The number of fused-ring (bicyclic) bond motifs is 1. The van der Waals surface area contributed by atoms with Gasteiger partial charge in [-0.2, -0.15) is 18.3 Å². The number of halogens is 3. The highest BCUT2D eigenvalue weighted by atomic mass is 19.4. The lowest BCUT2D eigenvalue weighted by Gasteiger charge is -2.32. The Bertz CT molecular complexity index is 1770. The molecule has 1 unspecified atom stereocenters. The van der Waals surface area contributed by atoms with E-state index in [4.69, 9.17) is 9.84 Å². The summed E-state index contributed by atoms with van der Waals surface area (Å²) >= 11 is 0. The largest absolute Gasteiger partial charge is 0.494 e. The number of nitrogens with one attached hydrogen (secondary N) is 3. The average Bonchev–Trinajstić information content (AvgIpc) is 3.46. The minimum Gasteiger partial charge on any atom is -0.494 e. The van der Waals surface area contributed by atoms with Crippen molar-refractivity contribution in [2.45, 2.75) is 50.5 Å². The van der Waals surface area contributed by atoms with Crippen LogP contribution in [0.5, 0.6) is 5.75 Å². The zero-order valence-electron chi connectivity index (χ0n) is 24.9. The van der Waals surface area contributed by atoms with Gasteiger partial charge in [-0.1, -0.05) is 18.2 Å². The monoisotopic (exact) mass is 635 g/mol. The van der Waals surface area contributed by atoms with E-state index in [9.17, 15) is 27.6 Å². The second-order valence-electron chi connectivity index (χ2n) is 11.4. The van der Waals surface area contributed by atoms with Crippen molar-refractivity contribution in [2.75, 3.05) is 30.8 Å². The van der Waals surface area contributed by atoms with Gasteiger partial charge in [-0.05, 0) is 55.2 Å². The number of pyridine rings is 1. The Morgan fingerprint density at radius 1 is 1.07 bits per heavy atom. The molecule has 2 aliphatic heterocycles. The smallest absolute Gasteiger partial charge is 0.433 e. The number of carbonyl (C=O) groups excluding carboxylic acids is 3. The highest BCUT2D eigenvalue weighted by Gasteiger charge is 2.33. The normalized spacial score (nSPS) is 18.0. The van der Waals surface area contributed by atoms with Crippen LogP contribution in [0, 0.1) is 0 Å². The fourth-order valence-electron chi connectivity index (χ4n) is 5.77. The minimum atomic E-state index is -4.66. The van der Waals surface area contributed by atoms with Crippen molar-refractivity contribution in [3.8, 4) is 5.75 Å². The zero-order valence-corrected chi connectivity index (χ0v) is 24.9. The van der Waals surface area contributed by atoms with Crippen LogP contribution in [-0.2, 0) is 22.3 Å². The van der Waals surface area contributed by atoms with Gasteiger partial charge in [0.1, 0.15) is 23.2 Å². The van der Waals surface area contributed by atoms with Crippen LogP contribution in [0.25, 0.3) is 10.9 Å². The van der Waals surface area contributed by atoms with E-state index in [1.54, 1.807) is 12.1 Å². The van der Waals surface area contributed by atoms with E-state index in [1.165, 1.54) is 13.2 Å². The third-order valence-corrected chi connectivity index (χ3v) is 8.24. The number of benzene rings is 2. The molecule has 0 spiro atoms. The highest BCUT2D eigenvalue weighted by molar-refractivity contribution is 6.05. The molecular formula is C32H32F3N7O4. The lowest BCUT2D eigenvalue weighted by molar-refractivity contribution is -0.141. The summed E-state index contributed by atoms with van der Waals surface area (Å²) in [5.74, 6) is -1.00. The molecule has 4 heterocycles. The molecule has 0 radical (unpaired) electrons. The maximum Gasteiger partial charge on any atom is 0.433 e. The predicted molar refractivity (Wildman–Crippen MR) is 163 cm³/mol. The van der Waals surface area contributed by atoms with Gasteiger partial charge in [0.2, 0.25) is 11.8 Å². The number of alkyl halides is 3. The molecule has 2 aliphatic rings. The van der Waals surface area contributed by atoms with Crippen molar-refractivity contribution in [3.63, 3.8) is 0 Å². The van der Waals surface area contributed by atoms with Crippen LogP contribution in [0.3, 0.4) is 0 Å². The number of anilines is 2. The lowest BCUT2D eigenvalue weighted by Crippen LogP contribution is -2.47. The molecule has 1 atom stereocenters. The van der Waals surface area contributed by atoms with Gasteiger partial charge in [-0.3, -0.25) is 29.3 Å². The maximum atomic E-state index is 13.1. The van der Waals surface area contributed by atoms with Gasteiger partial charge < -0.3 is 15.4 Å². The summed E-state index contributed by atoms with van der Waals surface area (Å²) < 4.78 is 46.6. The molecule has 240 valence electrons. The van der Waals surface area contributed by atoms with Gasteiger partial charge in [-0.15, -0.1) is 0 Å². The fourth-order valence-corrected chi connectivity index (χ4v) is 5.77. The van der Waals surface area contributed by atoms with E-state index >= 15 is 0 Å². The lowest BCUT2D eigenvalue weighted by atomic mass is 10.0. The Kier molecular flexibility index (Phi) is 8.63. The summed E-state index contributed by atoms with van der Waals surface area (Å²) in [7, 11) is 1.44. The summed E-state index contributed by atoms with van der Waals surface area (Å²) in [5.41, 5.74) is 1.44. The van der Waals surface area contributed by atoms with Crippen LogP contribution in [0.2, 0.25) is 0 Å². The predicted octanol–water partition coefficient (Wildman–Crippen LogP) is 4.77. The van der Waals surface area contributed by atoms with Gasteiger partial charge in [0.05, 0.1) is 24.4 Å². The van der Waals surface area contributed by atoms with Gasteiger partial charge in [-0.25, -0.2) is 4.98 Å². The minimum absolute atomic E-state index is 0.169. The summed E-state index contributed by atoms with van der Waals surface area (Å²) in [6, 6.07) is 14.3. The van der Waals surface area contributed by atoms with Gasteiger partial charge in [0, 0.05) is 49.4 Å². The number of likely N-dealkylation sites (tertiary alicyclic amines) is 1.